The van der Waals surface area contributed by atoms with Gasteiger partial charge in [-0.3, -0.25) is 0 Å². The minimum Gasteiger partial charge on any atom is -0.300 e. The van der Waals surface area contributed by atoms with Gasteiger partial charge in [0.2, 0.25) is 0 Å². The van der Waals surface area contributed by atoms with Crippen molar-refractivity contribution >= 4 is 21.7 Å². The van der Waals surface area contributed by atoms with Crippen molar-refractivity contribution in [3.8, 4) is 0 Å². The Hall–Kier alpha value is -1.41. The Morgan fingerprint density at radius 2 is 1.17 bits per heavy atom. The molecule has 0 bridgehead atoms. The second kappa shape index (κ2) is 17.0. The van der Waals surface area contributed by atoms with Crippen LogP contribution in [0, 0.1) is 0 Å². The van der Waals surface area contributed by atoms with Crippen LogP contribution in [-0.2, 0) is 11.2 Å². The summed E-state index contributed by atoms with van der Waals surface area (Å²) in [5, 5.41) is 0. The van der Waals surface area contributed by atoms with Crippen molar-refractivity contribution < 1.29 is 4.79 Å². The topological polar surface area (TPSA) is 17.1 Å². The van der Waals surface area contributed by atoms with Crippen molar-refractivity contribution in [2.24, 2.45) is 0 Å². The Balaban J connectivity index is 0.000000501. The lowest BCUT2D eigenvalue weighted by molar-refractivity contribution is -0.117. The van der Waals surface area contributed by atoms with E-state index < -0.39 is 0 Å². The number of carbonyl (C=O) groups excluding carboxylic acids is 1. The van der Waals surface area contributed by atoms with E-state index in [-0.39, 0.29) is 0 Å². The average Bonchev–Trinajstić information content (AvgIpc) is 2.62. The molecule has 0 spiro atoms. The minimum absolute atomic E-state index is 0.318. The van der Waals surface area contributed by atoms with Gasteiger partial charge < -0.3 is 4.79 Å². The molecule has 2 rings (SSSR count). The van der Waals surface area contributed by atoms with Crippen molar-refractivity contribution in [1.82, 2.24) is 0 Å². The van der Waals surface area contributed by atoms with Gasteiger partial charge in [-0.2, -0.15) is 0 Å². The van der Waals surface area contributed by atoms with Crippen LogP contribution in [0.25, 0.3) is 0 Å². The molecular formula is C21H29BrO. The molecule has 0 radical (unpaired) electrons. The van der Waals surface area contributed by atoms with Gasteiger partial charge in [-0.15, -0.1) is 0 Å². The standard InChI is InChI=1S/C14H20O.C6H6.CH3Br/c1-13(15)9-5-2-3-6-10-14-11-7-4-8-12-14;1-2-4-6-5-3-1;1-2/h4,7-8,11-12H,2-3,5-6,9-10H2,1H3;1-6H;1H3. The highest BCUT2D eigenvalue weighted by Crippen LogP contribution is 2.08. The summed E-state index contributed by atoms with van der Waals surface area (Å²) in [5.74, 6) is 2.13. The molecule has 2 aromatic rings. The first-order chi connectivity index (χ1) is 11.3. The van der Waals surface area contributed by atoms with Gasteiger partial charge in [0.25, 0.3) is 0 Å². The van der Waals surface area contributed by atoms with Gasteiger partial charge in [-0.05, 0) is 37.6 Å². The third-order valence-corrected chi connectivity index (χ3v) is 3.25. The van der Waals surface area contributed by atoms with E-state index in [2.05, 4.69) is 46.3 Å². The molecule has 0 unspecified atom stereocenters. The number of ketones is 1. The molecule has 0 aromatic heterocycles. The first kappa shape index (κ1) is 21.6. The number of hydrogen-bond donors (Lipinski definition) is 0. The molecule has 23 heavy (non-hydrogen) atoms. The summed E-state index contributed by atoms with van der Waals surface area (Å²) < 4.78 is 0. The zero-order chi connectivity index (χ0) is 17.2. The number of hydrogen-bond acceptors (Lipinski definition) is 1. The Morgan fingerprint density at radius 1 is 0.739 bits per heavy atom. The molecule has 2 aromatic carbocycles. The van der Waals surface area contributed by atoms with E-state index >= 15 is 0 Å². The van der Waals surface area contributed by atoms with Gasteiger partial charge in [-0.25, -0.2) is 0 Å². The number of unbranched alkanes of at least 4 members (excludes halogenated alkanes) is 3. The van der Waals surface area contributed by atoms with E-state index in [9.17, 15) is 4.79 Å². The van der Waals surface area contributed by atoms with Gasteiger partial charge in [0.1, 0.15) is 5.78 Å². The Labute approximate surface area is 150 Å². The highest BCUT2D eigenvalue weighted by Gasteiger charge is 1.95. The summed E-state index contributed by atoms with van der Waals surface area (Å²) in [4.78, 5) is 10.7. The van der Waals surface area contributed by atoms with E-state index in [1.807, 2.05) is 42.2 Å². The van der Waals surface area contributed by atoms with Crippen LogP contribution < -0.4 is 0 Å². The molecule has 2 heteroatoms. The molecule has 0 saturated carbocycles. The molecule has 0 fully saturated rings. The van der Waals surface area contributed by atoms with Crippen molar-refractivity contribution in [3.63, 3.8) is 0 Å². The maximum Gasteiger partial charge on any atom is 0.129 e. The maximum atomic E-state index is 10.7. The van der Waals surface area contributed by atoms with Crippen molar-refractivity contribution in [2.75, 3.05) is 5.83 Å². The lowest BCUT2D eigenvalue weighted by Gasteiger charge is -2.01. The summed E-state index contributed by atoms with van der Waals surface area (Å²) in [7, 11) is 0. The number of aryl methyl sites for hydroxylation is 1. The summed E-state index contributed by atoms with van der Waals surface area (Å²) in [6.45, 7) is 1.67. The predicted molar refractivity (Wildman–Crippen MR) is 105 cm³/mol. The monoisotopic (exact) mass is 376 g/mol. The number of alkyl halides is 1. The number of carbonyl (C=O) groups is 1. The third-order valence-electron chi connectivity index (χ3n) is 3.25. The van der Waals surface area contributed by atoms with E-state index in [0.717, 1.165) is 12.8 Å². The number of rotatable bonds is 7. The Bertz CT molecular complexity index is 441. The molecule has 0 atom stereocenters. The van der Waals surface area contributed by atoms with Gasteiger partial charge in [0.15, 0.2) is 0 Å². The van der Waals surface area contributed by atoms with Gasteiger partial charge in [0, 0.05) is 6.42 Å². The lowest BCUT2D eigenvalue weighted by Crippen LogP contribution is -1.90. The SMILES string of the molecule is CBr.CC(=O)CCCCCCc1ccccc1.c1ccccc1. The smallest absolute Gasteiger partial charge is 0.129 e. The first-order valence-electron chi connectivity index (χ1n) is 8.20. The van der Waals surface area contributed by atoms with E-state index in [0.29, 0.717) is 5.78 Å². The molecule has 0 aliphatic carbocycles. The van der Waals surface area contributed by atoms with Crippen molar-refractivity contribution in [2.45, 2.75) is 45.4 Å². The van der Waals surface area contributed by atoms with Gasteiger partial charge >= 0.3 is 0 Å². The van der Waals surface area contributed by atoms with Crippen LogP contribution in [0.5, 0.6) is 0 Å². The lowest BCUT2D eigenvalue weighted by atomic mass is 10.1. The largest absolute Gasteiger partial charge is 0.300 e. The maximum absolute atomic E-state index is 10.7. The van der Waals surface area contributed by atoms with Crippen LogP contribution in [0.3, 0.4) is 0 Å². The zero-order valence-corrected chi connectivity index (χ0v) is 16.0. The minimum atomic E-state index is 0.318. The van der Waals surface area contributed by atoms with Crippen molar-refractivity contribution in [1.29, 1.82) is 0 Å². The summed E-state index contributed by atoms with van der Waals surface area (Å²) >= 11 is 2.94. The van der Waals surface area contributed by atoms with Crippen LogP contribution in [0.15, 0.2) is 66.7 Å². The highest BCUT2D eigenvalue weighted by molar-refractivity contribution is 9.08. The normalized spacial score (nSPS) is 9.00. The fraction of sp³-hybridized carbons (Fsp3) is 0.381. The molecule has 126 valence electrons. The second-order valence-corrected chi connectivity index (χ2v) is 5.26. The Kier molecular flexibility index (Phi) is 15.9. The summed E-state index contributed by atoms with van der Waals surface area (Å²) in [5.41, 5.74) is 1.42. The van der Waals surface area contributed by atoms with Crippen LogP contribution in [0.2, 0.25) is 0 Å². The van der Waals surface area contributed by atoms with E-state index in [1.54, 1.807) is 6.92 Å². The third kappa shape index (κ3) is 15.3. The van der Waals surface area contributed by atoms with Gasteiger partial charge in [0.05, 0.1) is 0 Å². The quantitative estimate of drug-likeness (QED) is 0.399. The zero-order valence-electron chi connectivity index (χ0n) is 14.4. The molecule has 0 aliphatic rings. The molecule has 0 saturated heterocycles. The summed E-state index contributed by atoms with van der Waals surface area (Å²) in [6.07, 6.45) is 6.65. The fourth-order valence-corrected chi connectivity index (χ4v) is 2.09. The average molecular weight is 377 g/mol. The Morgan fingerprint density at radius 3 is 1.65 bits per heavy atom. The van der Waals surface area contributed by atoms with Crippen LogP contribution in [-0.4, -0.2) is 11.6 Å². The van der Waals surface area contributed by atoms with Crippen LogP contribution in [0.1, 0.15) is 44.6 Å². The molecule has 0 amide bonds. The number of benzene rings is 2. The summed E-state index contributed by atoms with van der Waals surface area (Å²) in [6, 6.07) is 22.6. The molecular weight excluding hydrogens is 348 g/mol. The van der Waals surface area contributed by atoms with Crippen LogP contribution >= 0.6 is 15.9 Å². The highest BCUT2D eigenvalue weighted by atomic mass is 79.9. The fourth-order valence-electron chi connectivity index (χ4n) is 2.09. The number of Topliss-reactive ketones (excluding diaryl/α,β-unsaturated/α-hetero) is 1. The van der Waals surface area contributed by atoms with E-state index in [4.69, 9.17) is 0 Å². The molecule has 0 aliphatic heterocycles. The molecule has 0 N–H and O–H groups in total. The number of halogens is 1. The van der Waals surface area contributed by atoms with E-state index in [1.165, 1.54) is 31.2 Å². The molecule has 1 nitrogen and oxygen atoms in total. The predicted octanol–water partition coefficient (Wildman–Crippen LogP) is 6.47. The second-order valence-electron chi connectivity index (χ2n) is 5.26. The molecule has 0 heterocycles. The van der Waals surface area contributed by atoms with Crippen molar-refractivity contribution in [3.05, 3.63) is 72.3 Å². The van der Waals surface area contributed by atoms with Crippen LogP contribution in [0.4, 0.5) is 0 Å². The van der Waals surface area contributed by atoms with Gasteiger partial charge in [-0.1, -0.05) is 95.5 Å². The first-order valence-corrected chi connectivity index (χ1v) is 9.79.